The van der Waals surface area contributed by atoms with E-state index in [-0.39, 0.29) is 5.02 Å². The SMILES string of the molecule is N[C@H](c1ccc(OC(F)(F)F)c(Cl)c1)[C@@H](O)Cc1ccccc1. The first-order valence-electron chi connectivity index (χ1n) is 6.79. The molecule has 3 nitrogen and oxygen atoms in total. The molecule has 0 unspecified atom stereocenters. The minimum absolute atomic E-state index is 0.220. The van der Waals surface area contributed by atoms with Crippen LogP contribution in [0.4, 0.5) is 13.2 Å². The zero-order chi connectivity index (χ0) is 17.0. The normalized spacial score (nSPS) is 14.3. The summed E-state index contributed by atoms with van der Waals surface area (Å²) >= 11 is 5.78. The zero-order valence-corrected chi connectivity index (χ0v) is 12.7. The van der Waals surface area contributed by atoms with Crippen molar-refractivity contribution in [3.8, 4) is 5.75 Å². The topological polar surface area (TPSA) is 55.5 Å². The highest BCUT2D eigenvalue weighted by Gasteiger charge is 2.32. The van der Waals surface area contributed by atoms with Crippen LogP contribution in [-0.2, 0) is 6.42 Å². The number of hydrogen-bond donors (Lipinski definition) is 2. The maximum Gasteiger partial charge on any atom is 0.573 e. The van der Waals surface area contributed by atoms with Crippen LogP contribution in [0.25, 0.3) is 0 Å². The molecule has 0 aromatic heterocycles. The maximum atomic E-state index is 12.2. The molecule has 0 fully saturated rings. The monoisotopic (exact) mass is 345 g/mol. The number of hydrogen-bond acceptors (Lipinski definition) is 3. The molecule has 0 heterocycles. The van der Waals surface area contributed by atoms with E-state index < -0.39 is 24.3 Å². The molecule has 0 spiro atoms. The zero-order valence-electron chi connectivity index (χ0n) is 11.9. The summed E-state index contributed by atoms with van der Waals surface area (Å²) < 4.78 is 40.4. The van der Waals surface area contributed by atoms with Crippen LogP contribution in [0, 0.1) is 0 Å². The van der Waals surface area contributed by atoms with Gasteiger partial charge in [-0.05, 0) is 23.3 Å². The van der Waals surface area contributed by atoms with Crippen molar-refractivity contribution in [3.63, 3.8) is 0 Å². The summed E-state index contributed by atoms with van der Waals surface area (Å²) in [6.45, 7) is 0. The van der Waals surface area contributed by atoms with Crippen molar-refractivity contribution in [2.45, 2.75) is 24.9 Å². The summed E-state index contributed by atoms with van der Waals surface area (Å²) in [4.78, 5) is 0. The van der Waals surface area contributed by atoms with Gasteiger partial charge in [0, 0.05) is 6.42 Å². The molecule has 0 aliphatic carbocycles. The van der Waals surface area contributed by atoms with Crippen LogP contribution in [-0.4, -0.2) is 17.6 Å². The summed E-state index contributed by atoms with van der Waals surface area (Å²) in [6, 6.07) is 12.2. The summed E-state index contributed by atoms with van der Waals surface area (Å²) in [5.41, 5.74) is 7.29. The molecule has 0 aliphatic rings. The Kier molecular flexibility index (Phi) is 5.51. The molecule has 3 N–H and O–H groups in total. The standard InChI is InChI=1S/C16H15ClF3NO2/c17-12-9-11(6-7-14(12)23-16(18,19)20)15(21)13(22)8-10-4-2-1-3-5-10/h1-7,9,13,15,22H,8,21H2/t13-,15+/m0/s1. The summed E-state index contributed by atoms with van der Waals surface area (Å²) in [5, 5.41) is 9.97. The molecular weight excluding hydrogens is 331 g/mol. The molecule has 23 heavy (non-hydrogen) atoms. The number of ether oxygens (including phenoxy) is 1. The van der Waals surface area contributed by atoms with Crippen LogP contribution in [0.1, 0.15) is 17.2 Å². The largest absolute Gasteiger partial charge is 0.573 e. The van der Waals surface area contributed by atoms with E-state index >= 15 is 0 Å². The molecule has 0 saturated heterocycles. The van der Waals surface area contributed by atoms with E-state index in [4.69, 9.17) is 17.3 Å². The molecule has 124 valence electrons. The lowest BCUT2D eigenvalue weighted by molar-refractivity contribution is -0.274. The molecule has 2 rings (SSSR count). The Labute approximate surface area is 136 Å². The van der Waals surface area contributed by atoms with Crippen LogP contribution < -0.4 is 10.5 Å². The molecule has 0 aliphatic heterocycles. The van der Waals surface area contributed by atoms with Gasteiger partial charge in [0.15, 0.2) is 0 Å². The second kappa shape index (κ2) is 7.21. The third kappa shape index (κ3) is 5.13. The van der Waals surface area contributed by atoms with E-state index in [1.807, 2.05) is 30.3 Å². The Morgan fingerprint density at radius 2 is 1.78 bits per heavy atom. The van der Waals surface area contributed by atoms with Gasteiger partial charge in [0.2, 0.25) is 0 Å². The fourth-order valence-electron chi connectivity index (χ4n) is 2.14. The van der Waals surface area contributed by atoms with E-state index in [1.54, 1.807) is 0 Å². The van der Waals surface area contributed by atoms with E-state index in [9.17, 15) is 18.3 Å². The van der Waals surface area contributed by atoms with Gasteiger partial charge < -0.3 is 15.6 Å². The third-order valence-electron chi connectivity index (χ3n) is 3.27. The Balaban J connectivity index is 2.10. The number of aliphatic hydroxyl groups excluding tert-OH is 1. The molecule has 2 aromatic carbocycles. The van der Waals surface area contributed by atoms with Gasteiger partial charge in [-0.1, -0.05) is 48.0 Å². The molecular formula is C16H15ClF3NO2. The van der Waals surface area contributed by atoms with Crippen molar-refractivity contribution in [1.82, 2.24) is 0 Å². The number of rotatable bonds is 5. The number of halogens is 4. The number of nitrogens with two attached hydrogens (primary N) is 1. The number of alkyl halides is 3. The number of benzene rings is 2. The van der Waals surface area contributed by atoms with Crippen LogP contribution in [0.5, 0.6) is 5.75 Å². The van der Waals surface area contributed by atoms with E-state index in [0.29, 0.717) is 12.0 Å². The predicted molar refractivity (Wildman–Crippen MR) is 81.2 cm³/mol. The van der Waals surface area contributed by atoms with Crippen molar-refractivity contribution >= 4 is 11.6 Å². The van der Waals surface area contributed by atoms with Gasteiger partial charge in [0.25, 0.3) is 0 Å². The summed E-state index contributed by atoms with van der Waals surface area (Å²) in [7, 11) is 0. The molecule has 0 bridgehead atoms. The quantitative estimate of drug-likeness (QED) is 0.865. The first kappa shape index (κ1) is 17.6. The van der Waals surface area contributed by atoms with Crippen LogP contribution >= 0.6 is 11.6 Å². The van der Waals surface area contributed by atoms with Crippen molar-refractivity contribution in [2.24, 2.45) is 5.73 Å². The van der Waals surface area contributed by atoms with Gasteiger partial charge in [0.05, 0.1) is 17.2 Å². The highest BCUT2D eigenvalue weighted by Crippen LogP contribution is 2.32. The van der Waals surface area contributed by atoms with Crippen molar-refractivity contribution in [3.05, 3.63) is 64.7 Å². The van der Waals surface area contributed by atoms with E-state index in [2.05, 4.69) is 4.74 Å². The van der Waals surface area contributed by atoms with Crippen LogP contribution in [0.2, 0.25) is 5.02 Å². The molecule has 2 atom stereocenters. The lowest BCUT2D eigenvalue weighted by atomic mass is 9.97. The lowest BCUT2D eigenvalue weighted by Crippen LogP contribution is -2.28. The molecule has 0 saturated carbocycles. The van der Waals surface area contributed by atoms with Crippen LogP contribution in [0.3, 0.4) is 0 Å². The van der Waals surface area contributed by atoms with Gasteiger partial charge in [-0.3, -0.25) is 0 Å². The predicted octanol–water partition coefficient (Wildman–Crippen LogP) is 3.84. The van der Waals surface area contributed by atoms with Crippen molar-refractivity contribution in [1.29, 1.82) is 0 Å². The Bertz CT molecular complexity index is 650. The Hall–Kier alpha value is -1.76. The van der Waals surface area contributed by atoms with Crippen molar-refractivity contribution in [2.75, 3.05) is 0 Å². The molecule has 7 heteroatoms. The van der Waals surface area contributed by atoms with Crippen LogP contribution in [0.15, 0.2) is 48.5 Å². The van der Waals surface area contributed by atoms with E-state index in [1.165, 1.54) is 12.1 Å². The average Bonchev–Trinajstić information content (AvgIpc) is 2.48. The fourth-order valence-corrected chi connectivity index (χ4v) is 2.36. The van der Waals surface area contributed by atoms with Crippen molar-refractivity contribution < 1.29 is 23.0 Å². The summed E-state index contributed by atoms with van der Waals surface area (Å²) in [5.74, 6) is -0.507. The lowest BCUT2D eigenvalue weighted by Gasteiger charge is -2.20. The minimum Gasteiger partial charge on any atom is -0.404 e. The highest BCUT2D eigenvalue weighted by atomic mass is 35.5. The minimum atomic E-state index is -4.82. The maximum absolute atomic E-state index is 12.2. The average molecular weight is 346 g/mol. The molecule has 2 aromatic rings. The second-order valence-electron chi connectivity index (χ2n) is 5.02. The van der Waals surface area contributed by atoms with E-state index in [0.717, 1.165) is 11.6 Å². The third-order valence-corrected chi connectivity index (χ3v) is 3.56. The van der Waals surface area contributed by atoms with Gasteiger partial charge in [-0.15, -0.1) is 13.2 Å². The van der Waals surface area contributed by atoms with Gasteiger partial charge in [-0.2, -0.15) is 0 Å². The van der Waals surface area contributed by atoms with Gasteiger partial charge >= 0.3 is 6.36 Å². The molecule has 0 amide bonds. The smallest absolute Gasteiger partial charge is 0.404 e. The van der Waals surface area contributed by atoms with Gasteiger partial charge in [0.1, 0.15) is 5.75 Å². The molecule has 0 radical (unpaired) electrons. The fraction of sp³-hybridized carbons (Fsp3) is 0.250. The Morgan fingerprint density at radius 1 is 1.13 bits per heavy atom. The number of aliphatic hydroxyl groups is 1. The second-order valence-corrected chi connectivity index (χ2v) is 5.43. The Morgan fingerprint density at radius 3 is 2.35 bits per heavy atom. The van der Waals surface area contributed by atoms with Gasteiger partial charge in [-0.25, -0.2) is 0 Å². The summed E-state index contributed by atoms with van der Waals surface area (Å²) in [6.07, 6.45) is -5.40. The highest BCUT2D eigenvalue weighted by molar-refractivity contribution is 6.32. The first-order valence-corrected chi connectivity index (χ1v) is 7.17. The first-order chi connectivity index (χ1) is 10.8.